The second kappa shape index (κ2) is 16.6. The van der Waals surface area contributed by atoms with E-state index in [-0.39, 0.29) is 36.8 Å². The van der Waals surface area contributed by atoms with Gasteiger partial charge in [-0.15, -0.1) is 0 Å². The van der Waals surface area contributed by atoms with Crippen LogP contribution in [-0.2, 0) is 17.6 Å². The molecule has 34 heavy (non-hydrogen) atoms. The van der Waals surface area contributed by atoms with Gasteiger partial charge in [0.15, 0.2) is 6.04 Å². The summed E-state index contributed by atoms with van der Waals surface area (Å²) < 4.78 is 11.4. The lowest BCUT2D eigenvalue weighted by atomic mass is 9.95. The van der Waals surface area contributed by atoms with E-state index in [2.05, 4.69) is 48.8 Å². The number of ether oxygens (including phenoxy) is 2. The van der Waals surface area contributed by atoms with Crippen LogP contribution in [0.3, 0.4) is 0 Å². The zero-order valence-electron chi connectivity index (χ0n) is 21.0. The van der Waals surface area contributed by atoms with Crippen molar-refractivity contribution >= 4 is 11.6 Å². The van der Waals surface area contributed by atoms with E-state index in [1.165, 1.54) is 11.1 Å². The molecule has 2 rings (SSSR count). The van der Waals surface area contributed by atoms with Crippen molar-refractivity contribution in [1.82, 2.24) is 0 Å². The third-order valence-electron chi connectivity index (χ3n) is 5.68. The molecule has 0 unspecified atom stereocenters. The van der Waals surface area contributed by atoms with Crippen molar-refractivity contribution < 1.29 is 50.5 Å². The summed E-state index contributed by atoms with van der Waals surface area (Å²) in [7, 11) is 3.36. The standard InChI is InChI=1S/C26H39N3O3.2ClH/c1-5-9-18-15-21(19-12-13-24(31-3)20(17-19)10-6-2)25(32-4)23(16-18)29-26(30)22(28)11-7-8-14-27;;/h12-13,15-17,22H,5-11,14,27-28H2,1-4H3,(H,29,30);2*1H/t22-;;/m0../s1. The lowest BCUT2D eigenvalue weighted by Crippen LogP contribution is -3.00. The molecule has 2 aromatic carbocycles. The van der Waals surface area contributed by atoms with Gasteiger partial charge in [-0.3, -0.25) is 4.79 Å². The molecule has 0 radical (unpaired) electrons. The number of carbonyl (C=O) groups is 1. The molecular weight excluding hydrogens is 473 g/mol. The fourth-order valence-electron chi connectivity index (χ4n) is 3.99. The smallest absolute Gasteiger partial charge is 0.282 e. The third-order valence-corrected chi connectivity index (χ3v) is 5.68. The lowest BCUT2D eigenvalue weighted by molar-refractivity contribution is -0.405. The molecule has 2 aromatic rings. The van der Waals surface area contributed by atoms with Crippen LogP contribution in [0.2, 0.25) is 0 Å². The molecule has 0 spiro atoms. The van der Waals surface area contributed by atoms with Crippen molar-refractivity contribution in [2.45, 2.75) is 64.8 Å². The van der Waals surface area contributed by atoms with Crippen LogP contribution in [-0.4, -0.2) is 32.7 Å². The first kappa shape index (κ1) is 32.0. The van der Waals surface area contributed by atoms with Crippen molar-refractivity contribution in [3.63, 3.8) is 0 Å². The highest BCUT2D eigenvalue weighted by molar-refractivity contribution is 5.97. The lowest BCUT2D eigenvalue weighted by Gasteiger charge is -2.19. The Bertz CT molecular complexity index is 894. The minimum atomic E-state index is -0.304. The number of hydrogen-bond acceptors (Lipinski definition) is 3. The Morgan fingerprint density at radius 3 is 2.29 bits per heavy atom. The minimum absolute atomic E-state index is 0. The Morgan fingerprint density at radius 1 is 1.00 bits per heavy atom. The molecule has 1 amide bonds. The van der Waals surface area contributed by atoms with Crippen LogP contribution in [0, 0.1) is 0 Å². The van der Waals surface area contributed by atoms with Gasteiger partial charge in [0.25, 0.3) is 5.91 Å². The van der Waals surface area contributed by atoms with E-state index in [0.29, 0.717) is 11.4 Å². The van der Waals surface area contributed by atoms with E-state index in [4.69, 9.17) is 9.47 Å². The molecule has 0 aliphatic heterocycles. The summed E-state index contributed by atoms with van der Waals surface area (Å²) in [5.74, 6) is 1.50. The average Bonchev–Trinajstić information content (AvgIpc) is 2.79. The van der Waals surface area contributed by atoms with E-state index in [9.17, 15) is 4.79 Å². The number of benzene rings is 2. The van der Waals surface area contributed by atoms with Crippen LogP contribution < -0.4 is 51.1 Å². The normalized spacial score (nSPS) is 11.1. The number of carbonyl (C=O) groups excluding carboxylic acids is 1. The highest BCUT2D eigenvalue weighted by Crippen LogP contribution is 2.40. The number of halogens is 2. The number of unbranched alkanes of at least 4 members (excludes halogenated alkanes) is 1. The van der Waals surface area contributed by atoms with Gasteiger partial charge in [0.05, 0.1) is 26.5 Å². The SMILES string of the molecule is CCCc1cc(NC(=O)[C@@H]([NH3+])CCCC[NH3+])c(OC)c(-c2ccc(OC)c(CCC)c2)c1.[Cl-].[Cl-]. The topological polar surface area (TPSA) is 103 Å². The summed E-state index contributed by atoms with van der Waals surface area (Å²) in [6.07, 6.45) is 6.64. The summed E-state index contributed by atoms with van der Waals surface area (Å²) in [5, 5.41) is 3.09. The fraction of sp³-hybridized carbons (Fsp3) is 0.500. The summed E-state index contributed by atoms with van der Waals surface area (Å²) in [5.41, 5.74) is 13.0. The first-order valence-electron chi connectivity index (χ1n) is 11.8. The largest absolute Gasteiger partial charge is 1.00 e. The van der Waals surface area contributed by atoms with Crippen LogP contribution in [0.15, 0.2) is 30.3 Å². The molecule has 8 heteroatoms. The first-order valence-corrected chi connectivity index (χ1v) is 11.8. The van der Waals surface area contributed by atoms with E-state index in [0.717, 1.165) is 68.4 Å². The first-order chi connectivity index (χ1) is 15.5. The minimum Gasteiger partial charge on any atom is -1.00 e. The average molecular weight is 515 g/mol. The van der Waals surface area contributed by atoms with Crippen molar-refractivity contribution in [2.24, 2.45) is 0 Å². The Labute approximate surface area is 217 Å². The van der Waals surface area contributed by atoms with E-state index >= 15 is 0 Å². The Balaban J connectivity index is 0.00000544. The Kier molecular flexibility index (Phi) is 15.6. The van der Waals surface area contributed by atoms with Crippen LogP contribution in [0.4, 0.5) is 5.69 Å². The van der Waals surface area contributed by atoms with Gasteiger partial charge in [-0.2, -0.15) is 0 Å². The van der Waals surface area contributed by atoms with Crippen LogP contribution >= 0.6 is 0 Å². The summed E-state index contributed by atoms with van der Waals surface area (Å²) in [6.45, 7) is 5.20. The van der Waals surface area contributed by atoms with Crippen LogP contribution in [0.25, 0.3) is 11.1 Å². The molecule has 0 aromatic heterocycles. The predicted octanol–water partition coefficient (Wildman–Crippen LogP) is -2.75. The molecule has 0 saturated carbocycles. The van der Waals surface area contributed by atoms with Gasteiger partial charge < -0.3 is 51.1 Å². The molecule has 0 heterocycles. The van der Waals surface area contributed by atoms with Gasteiger partial charge in [-0.05, 0) is 66.6 Å². The van der Waals surface area contributed by atoms with E-state index in [1.54, 1.807) is 14.2 Å². The molecular formula is C26H41Cl2N3O3. The highest BCUT2D eigenvalue weighted by Gasteiger charge is 2.21. The Morgan fingerprint density at radius 2 is 1.71 bits per heavy atom. The number of aryl methyl sites for hydroxylation is 2. The highest BCUT2D eigenvalue weighted by atomic mass is 35.5. The van der Waals surface area contributed by atoms with Gasteiger partial charge in [0.1, 0.15) is 11.5 Å². The van der Waals surface area contributed by atoms with Crippen molar-refractivity contribution in [3.8, 4) is 22.6 Å². The third kappa shape index (κ3) is 8.66. The maximum Gasteiger partial charge on any atom is 0.282 e. The summed E-state index contributed by atoms with van der Waals surface area (Å²) in [6, 6.07) is 10.1. The number of methoxy groups -OCH3 is 2. The summed E-state index contributed by atoms with van der Waals surface area (Å²) >= 11 is 0. The van der Waals surface area contributed by atoms with Gasteiger partial charge in [-0.25, -0.2) is 0 Å². The molecule has 0 aliphatic carbocycles. The molecule has 7 N–H and O–H groups in total. The van der Waals surface area contributed by atoms with Gasteiger partial charge >= 0.3 is 0 Å². The molecule has 6 nitrogen and oxygen atoms in total. The van der Waals surface area contributed by atoms with Crippen molar-refractivity contribution in [1.29, 1.82) is 0 Å². The van der Waals surface area contributed by atoms with Gasteiger partial charge in [0.2, 0.25) is 0 Å². The molecule has 0 bridgehead atoms. The van der Waals surface area contributed by atoms with Crippen molar-refractivity contribution in [3.05, 3.63) is 41.5 Å². The molecule has 0 aliphatic rings. The quantitative estimate of drug-likeness (QED) is 0.253. The number of amides is 1. The number of rotatable bonds is 13. The molecule has 0 fully saturated rings. The van der Waals surface area contributed by atoms with E-state index in [1.807, 2.05) is 12.1 Å². The van der Waals surface area contributed by atoms with Crippen LogP contribution in [0.5, 0.6) is 11.5 Å². The maximum absolute atomic E-state index is 12.9. The summed E-state index contributed by atoms with van der Waals surface area (Å²) in [4.78, 5) is 12.9. The number of hydrogen-bond donors (Lipinski definition) is 3. The monoisotopic (exact) mass is 513 g/mol. The second-order valence-corrected chi connectivity index (χ2v) is 8.29. The molecule has 1 atom stereocenters. The zero-order valence-corrected chi connectivity index (χ0v) is 22.5. The van der Waals surface area contributed by atoms with Crippen LogP contribution in [0.1, 0.15) is 57.1 Å². The number of nitrogens with one attached hydrogen (secondary N) is 1. The maximum atomic E-state index is 12.9. The zero-order chi connectivity index (χ0) is 23.5. The van der Waals surface area contributed by atoms with Gasteiger partial charge in [0, 0.05) is 12.0 Å². The fourth-order valence-corrected chi connectivity index (χ4v) is 3.99. The number of anilines is 1. The predicted molar refractivity (Wildman–Crippen MR) is 130 cm³/mol. The Hall–Kier alpha value is -1.99. The van der Waals surface area contributed by atoms with Crippen molar-refractivity contribution in [2.75, 3.05) is 26.1 Å². The molecule has 192 valence electrons. The number of quaternary nitrogens is 2. The molecule has 0 saturated heterocycles. The second-order valence-electron chi connectivity index (χ2n) is 8.29. The van der Waals surface area contributed by atoms with E-state index < -0.39 is 0 Å². The van der Waals surface area contributed by atoms with Gasteiger partial charge in [-0.1, -0.05) is 32.8 Å².